The highest BCUT2D eigenvalue weighted by Gasteiger charge is 2.36. The molecule has 2 fully saturated rings. The zero-order chi connectivity index (χ0) is 12.3. The molecule has 0 aromatic carbocycles. The number of rotatable bonds is 2. The van der Waals surface area contributed by atoms with E-state index in [0.717, 1.165) is 13.0 Å². The number of carbonyl (C=O) groups is 2. The van der Waals surface area contributed by atoms with Crippen LogP contribution in [0.3, 0.4) is 0 Å². The smallest absolute Gasteiger partial charge is 0.243 e. The van der Waals surface area contributed by atoms with Gasteiger partial charge < -0.3 is 20.3 Å². The molecular weight excluding hydrogens is 222 g/mol. The molecule has 2 unspecified atom stereocenters. The Morgan fingerprint density at radius 2 is 2.29 bits per heavy atom. The van der Waals surface area contributed by atoms with Crippen LogP contribution in [0.4, 0.5) is 0 Å². The molecule has 0 saturated carbocycles. The number of hydrogen-bond donors (Lipinski definition) is 2. The number of nitrogens with zero attached hydrogens (tertiary/aromatic N) is 1. The summed E-state index contributed by atoms with van der Waals surface area (Å²) in [5, 5.41) is 5.75. The van der Waals surface area contributed by atoms with Crippen LogP contribution in [-0.4, -0.2) is 62.7 Å². The second kappa shape index (κ2) is 5.46. The quantitative estimate of drug-likeness (QED) is 0.622. The Labute approximate surface area is 101 Å². The summed E-state index contributed by atoms with van der Waals surface area (Å²) in [6.45, 7) is 3.00. The predicted molar refractivity (Wildman–Crippen MR) is 61.4 cm³/mol. The molecule has 0 spiro atoms. The van der Waals surface area contributed by atoms with Crippen LogP contribution in [0.5, 0.6) is 0 Å². The zero-order valence-corrected chi connectivity index (χ0v) is 10.1. The molecule has 2 heterocycles. The van der Waals surface area contributed by atoms with Crippen molar-refractivity contribution in [3.05, 3.63) is 0 Å². The summed E-state index contributed by atoms with van der Waals surface area (Å²) in [5.74, 6) is -0.123. The van der Waals surface area contributed by atoms with E-state index in [2.05, 4.69) is 10.6 Å². The van der Waals surface area contributed by atoms with Gasteiger partial charge in [-0.1, -0.05) is 0 Å². The molecule has 2 N–H and O–H groups in total. The molecule has 0 aromatic rings. The fourth-order valence-electron chi connectivity index (χ4n) is 2.33. The first kappa shape index (κ1) is 12.3. The van der Waals surface area contributed by atoms with Gasteiger partial charge in [0.15, 0.2) is 0 Å². The summed E-state index contributed by atoms with van der Waals surface area (Å²) in [7, 11) is 1.60. The summed E-state index contributed by atoms with van der Waals surface area (Å²) < 4.78 is 5.23. The second-order valence-corrected chi connectivity index (χ2v) is 4.43. The van der Waals surface area contributed by atoms with Crippen LogP contribution in [0.1, 0.15) is 6.42 Å². The van der Waals surface area contributed by atoms with Gasteiger partial charge in [0.1, 0.15) is 6.04 Å². The van der Waals surface area contributed by atoms with E-state index >= 15 is 0 Å². The summed E-state index contributed by atoms with van der Waals surface area (Å²) >= 11 is 0. The Kier molecular flexibility index (Phi) is 3.96. The number of nitrogens with one attached hydrogen (secondary N) is 2. The maximum atomic E-state index is 12.3. The molecule has 2 saturated heterocycles. The molecule has 0 radical (unpaired) electrons. The van der Waals surface area contributed by atoms with Crippen molar-refractivity contribution in [1.29, 1.82) is 0 Å². The van der Waals surface area contributed by atoms with Crippen LogP contribution in [0, 0.1) is 5.92 Å². The van der Waals surface area contributed by atoms with Gasteiger partial charge in [0.2, 0.25) is 11.8 Å². The predicted octanol–water partition coefficient (Wildman–Crippen LogP) is -1.43. The summed E-state index contributed by atoms with van der Waals surface area (Å²) in [4.78, 5) is 25.7. The van der Waals surface area contributed by atoms with Crippen molar-refractivity contribution >= 4 is 11.8 Å². The van der Waals surface area contributed by atoms with Gasteiger partial charge in [0, 0.05) is 33.3 Å². The van der Waals surface area contributed by atoms with Gasteiger partial charge >= 0.3 is 0 Å². The van der Waals surface area contributed by atoms with Crippen LogP contribution in [0.25, 0.3) is 0 Å². The molecule has 2 atom stereocenters. The average molecular weight is 241 g/mol. The highest BCUT2D eigenvalue weighted by molar-refractivity contribution is 5.89. The van der Waals surface area contributed by atoms with Gasteiger partial charge in [0.25, 0.3) is 0 Å². The Balaban J connectivity index is 2.04. The van der Waals surface area contributed by atoms with Crippen LogP contribution in [-0.2, 0) is 14.3 Å². The third-order valence-corrected chi connectivity index (χ3v) is 3.35. The Morgan fingerprint density at radius 3 is 2.94 bits per heavy atom. The molecule has 2 rings (SSSR count). The minimum Gasteiger partial charge on any atom is -0.381 e. The standard InChI is InChI=1S/C11H19N3O3/c1-12-10(15)9-6-13-3-4-14(9)11(16)8-2-5-17-7-8/h8-9,13H,2-7H2,1H3,(H,12,15). The van der Waals surface area contributed by atoms with E-state index in [-0.39, 0.29) is 23.8 Å². The van der Waals surface area contributed by atoms with E-state index in [1.54, 1.807) is 11.9 Å². The molecule has 2 amide bonds. The highest BCUT2D eigenvalue weighted by atomic mass is 16.5. The molecule has 0 aliphatic carbocycles. The number of likely N-dealkylation sites (N-methyl/N-ethyl adjacent to an activating group) is 1. The lowest BCUT2D eigenvalue weighted by Crippen LogP contribution is -2.60. The Hall–Kier alpha value is -1.14. The Bertz CT molecular complexity index is 302. The van der Waals surface area contributed by atoms with Crippen LogP contribution < -0.4 is 10.6 Å². The van der Waals surface area contributed by atoms with Crippen LogP contribution >= 0.6 is 0 Å². The zero-order valence-electron chi connectivity index (χ0n) is 10.1. The third kappa shape index (κ3) is 2.58. The van der Waals surface area contributed by atoms with Gasteiger partial charge in [-0.05, 0) is 6.42 Å². The number of carbonyl (C=O) groups excluding carboxylic acids is 2. The lowest BCUT2D eigenvalue weighted by molar-refractivity contribution is -0.144. The molecular formula is C11H19N3O3. The van der Waals surface area contributed by atoms with Gasteiger partial charge in [-0.3, -0.25) is 9.59 Å². The summed E-state index contributed by atoms with van der Waals surface area (Å²) in [6.07, 6.45) is 0.767. The lowest BCUT2D eigenvalue weighted by atomic mass is 10.0. The topological polar surface area (TPSA) is 70.7 Å². The van der Waals surface area contributed by atoms with Gasteiger partial charge in [0.05, 0.1) is 12.5 Å². The van der Waals surface area contributed by atoms with Gasteiger partial charge in [-0.15, -0.1) is 0 Å². The van der Waals surface area contributed by atoms with Crippen LogP contribution in [0.15, 0.2) is 0 Å². The SMILES string of the molecule is CNC(=O)C1CNCCN1C(=O)C1CCOC1. The van der Waals surface area contributed by atoms with E-state index in [4.69, 9.17) is 4.74 Å². The average Bonchev–Trinajstić information content (AvgIpc) is 2.91. The lowest BCUT2D eigenvalue weighted by Gasteiger charge is -2.36. The molecule has 2 aliphatic rings. The minimum atomic E-state index is -0.387. The fourth-order valence-corrected chi connectivity index (χ4v) is 2.33. The Morgan fingerprint density at radius 1 is 1.47 bits per heavy atom. The molecule has 17 heavy (non-hydrogen) atoms. The molecule has 0 bridgehead atoms. The molecule has 6 nitrogen and oxygen atoms in total. The largest absolute Gasteiger partial charge is 0.381 e. The van der Waals surface area contributed by atoms with E-state index in [1.165, 1.54) is 0 Å². The molecule has 96 valence electrons. The van der Waals surface area contributed by atoms with E-state index in [0.29, 0.717) is 26.3 Å². The maximum Gasteiger partial charge on any atom is 0.243 e. The van der Waals surface area contributed by atoms with E-state index in [9.17, 15) is 9.59 Å². The minimum absolute atomic E-state index is 0.0533. The number of piperazine rings is 1. The monoisotopic (exact) mass is 241 g/mol. The molecule has 6 heteroatoms. The van der Waals surface area contributed by atoms with E-state index in [1.807, 2.05) is 0 Å². The summed E-state index contributed by atoms with van der Waals surface area (Å²) in [6, 6.07) is -0.387. The van der Waals surface area contributed by atoms with Gasteiger partial charge in [-0.25, -0.2) is 0 Å². The third-order valence-electron chi connectivity index (χ3n) is 3.35. The highest BCUT2D eigenvalue weighted by Crippen LogP contribution is 2.18. The van der Waals surface area contributed by atoms with Crippen molar-refractivity contribution in [3.8, 4) is 0 Å². The van der Waals surface area contributed by atoms with Crippen molar-refractivity contribution in [3.63, 3.8) is 0 Å². The van der Waals surface area contributed by atoms with Gasteiger partial charge in [-0.2, -0.15) is 0 Å². The first-order chi connectivity index (χ1) is 8.24. The number of amides is 2. The van der Waals surface area contributed by atoms with Crippen molar-refractivity contribution in [2.24, 2.45) is 5.92 Å². The van der Waals surface area contributed by atoms with Crippen molar-refractivity contribution in [2.45, 2.75) is 12.5 Å². The van der Waals surface area contributed by atoms with E-state index < -0.39 is 0 Å². The first-order valence-electron chi connectivity index (χ1n) is 6.04. The molecule has 0 aromatic heterocycles. The normalized spacial score (nSPS) is 29.1. The maximum absolute atomic E-state index is 12.3. The van der Waals surface area contributed by atoms with Crippen molar-refractivity contribution < 1.29 is 14.3 Å². The first-order valence-corrected chi connectivity index (χ1v) is 6.04. The van der Waals surface area contributed by atoms with Crippen molar-refractivity contribution in [2.75, 3.05) is 39.9 Å². The number of hydrogen-bond acceptors (Lipinski definition) is 4. The van der Waals surface area contributed by atoms with Crippen molar-refractivity contribution in [1.82, 2.24) is 15.5 Å². The number of ether oxygens (including phenoxy) is 1. The fraction of sp³-hybridized carbons (Fsp3) is 0.818. The molecule has 2 aliphatic heterocycles. The second-order valence-electron chi connectivity index (χ2n) is 4.43. The summed E-state index contributed by atoms with van der Waals surface area (Å²) in [5.41, 5.74) is 0. The van der Waals surface area contributed by atoms with Crippen LogP contribution in [0.2, 0.25) is 0 Å².